The van der Waals surface area contributed by atoms with Crippen molar-refractivity contribution in [3.05, 3.63) is 28.5 Å². The van der Waals surface area contributed by atoms with Crippen LogP contribution in [0.4, 0.5) is 10.1 Å². The van der Waals surface area contributed by atoms with Crippen molar-refractivity contribution in [3.63, 3.8) is 0 Å². The van der Waals surface area contributed by atoms with Crippen LogP contribution in [0.1, 0.15) is 6.42 Å². The van der Waals surface area contributed by atoms with Gasteiger partial charge in [0.15, 0.2) is 0 Å². The Hall–Kier alpha value is -1.12. The van der Waals surface area contributed by atoms with Crippen molar-refractivity contribution in [1.29, 1.82) is 0 Å². The van der Waals surface area contributed by atoms with Gasteiger partial charge in [-0.15, -0.1) is 0 Å². The van der Waals surface area contributed by atoms with Gasteiger partial charge in [-0.2, -0.15) is 11.8 Å². The van der Waals surface area contributed by atoms with E-state index in [1.54, 1.807) is 6.07 Å². The predicted octanol–water partition coefficient (Wildman–Crippen LogP) is 2.06. The molecule has 4 N–H and O–H groups in total. The normalized spacial score (nSPS) is 11.9. The number of benzene rings is 1. The van der Waals surface area contributed by atoms with Crippen LogP contribution in [-0.2, 0) is 9.59 Å². The minimum Gasteiger partial charge on any atom is -0.480 e. The summed E-state index contributed by atoms with van der Waals surface area (Å²) in [5, 5.41) is 11.0. The molecule has 1 atom stereocenters. The number of nitrogens with two attached hydrogens (primary N) is 1. The van der Waals surface area contributed by atoms with E-state index in [0.29, 0.717) is 10.2 Å². The Morgan fingerprint density at radius 3 is 2.80 bits per heavy atom. The van der Waals surface area contributed by atoms with Crippen LogP contribution >= 0.6 is 27.7 Å². The highest BCUT2D eigenvalue weighted by atomic mass is 79.9. The fourth-order valence-corrected chi connectivity index (χ4v) is 2.43. The molecule has 1 aromatic rings. The summed E-state index contributed by atoms with van der Waals surface area (Å²) in [6.07, 6.45) is 0.278. The van der Waals surface area contributed by atoms with Gasteiger partial charge in [0, 0.05) is 4.47 Å². The molecule has 1 aromatic carbocycles. The van der Waals surface area contributed by atoms with Crippen molar-refractivity contribution in [2.45, 2.75) is 12.5 Å². The van der Waals surface area contributed by atoms with Crippen LogP contribution in [0.2, 0.25) is 0 Å². The smallest absolute Gasteiger partial charge is 0.320 e. The first-order chi connectivity index (χ1) is 9.40. The largest absolute Gasteiger partial charge is 0.480 e. The Morgan fingerprint density at radius 1 is 1.50 bits per heavy atom. The zero-order valence-corrected chi connectivity index (χ0v) is 12.8. The Morgan fingerprint density at radius 2 is 2.20 bits per heavy atom. The van der Waals surface area contributed by atoms with E-state index in [9.17, 15) is 14.0 Å². The van der Waals surface area contributed by atoms with Gasteiger partial charge in [0.25, 0.3) is 0 Å². The molecule has 0 aromatic heterocycles. The van der Waals surface area contributed by atoms with E-state index in [2.05, 4.69) is 21.2 Å². The maximum absolute atomic E-state index is 13.5. The molecule has 0 aliphatic rings. The van der Waals surface area contributed by atoms with Gasteiger partial charge in [-0.3, -0.25) is 9.59 Å². The summed E-state index contributed by atoms with van der Waals surface area (Å²) in [6, 6.07) is 3.42. The number of hydrogen-bond acceptors (Lipinski definition) is 4. The number of aliphatic carboxylic acids is 1. The van der Waals surface area contributed by atoms with Crippen LogP contribution in [0.25, 0.3) is 0 Å². The molecule has 8 heteroatoms. The standard InChI is InChI=1S/C12H14BrFN2O3S/c13-7-1-2-10(8(14)5-7)16-11(17)6-20-4-3-9(15)12(18)19/h1-2,5,9H,3-4,6,15H2,(H,16,17)(H,18,19). The first-order valence-corrected chi connectivity index (χ1v) is 7.66. The number of anilines is 1. The molecule has 0 bridgehead atoms. The molecule has 5 nitrogen and oxygen atoms in total. The second kappa shape index (κ2) is 8.23. The zero-order valence-electron chi connectivity index (χ0n) is 10.4. The Balaban J connectivity index is 2.32. The SMILES string of the molecule is NC(CCSCC(=O)Nc1ccc(Br)cc1F)C(=O)O. The summed E-state index contributed by atoms with van der Waals surface area (Å²) in [4.78, 5) is 22.0. The molecular formula is C12H14BrFN2O3S. The first kappa shape index (κ1) is 16.9. The molecule has 20 heavy (non-hydrogen) atoms. The number of nitrogens with one attached hydrogen (secondary N) is 1. The third-order valence-corrected chi connectivity index (χ3v) is 3.81. The maximum atomic E-state index is 13.5. The van der Waals surface area contributed by atoms with Gasteiger partial charge >= 0.3 is 5.97 Å². The minimum absolute atomic E-state index is 0.112. The van der Waals surface area contributed by atoms with Crippen molar-refractivity contribution in [3.8, 4) is 0 Å². The van der Waals surface area contributed by atoms with E-state index in [1.165, 1.54) is 23.9 Å². The van der Waals surface area contributed by atoms with E-state index in [-0.39, 0.29) is 23.8 Å². The number of rotatable bonds is 7. The molecule has 0 aliphatic heterocycles. The molecule has 0 fully saturated rings. The highest BCUT2D eigenvalue weighted by molar-refractivity contribution is 9.10. The second-order valence-electron chi connectivity index (χ2n) is 3.96. The van der Waals surface area contributed by atoms with Crippen molar-refractivity contribution in [2.75, 3.05) is 16.8 Å². The molecule has 1 rings (SSSR count). The topological polar surface area (TPSA) is 92.4 Å². The van der Waals surface area contributed by atoms with Gasteiger partial charge in [0.2, 0.25) is 5.91 Å². The average molecular weight is 365 g/mol. The molecule has 110 valence electrons. The quantitative estimate of drug-likeness (QED) is 0.644. The van der Waals surface area contributed by atoms with Crippen LogP contribution < -0.4 is 11.1 Å². The van der Waals surface area contributed by atoms with Gasteiger partial charge < -0.3 is 16.2 Å². The lowest BCUT2D eigenvalue weighted by atomic mass is 10.2. The van der Waals surface area contributed by atoms with Crippen LogP contribution in [0.3, 0.4) is 0 Å². The van der Waals surface area contributed by atoms with Crippen LogP contribution in [0.15, 0.2) is 22.7 Å². The minimum atomic E-state index is -1.06. The average Bonchev–Trinajstić information content (AvgIpc) is 2.37. The molecule has 0 radical (unpaired) electrons. The lowest BCUT2D eigenvalue weighted by Gasteiger charge is -2.08. The van der Waals surface area contributed by atoms with E-state index in [4.69, 9.17) is 10.8 Å². The summed E-state index contributed by atoms with van der Waals surface area (Å²) < 4.78 is 14.0. The van der Waals surface area contributed by atoms with Crippen LogP contribution in [-0.4, -0.2) is 34.5 Å². The molecule has 0 saturated carbocycles. The lowest BCUT2D eigenvalue weighted by molar-refractivity contribution is -0.138. The number of carboxylic acid groups (broad SMARTS) is 1. The predicted molar refractivity (Wildman–Crippen MR) is 80.3 cm³/mol. The fourth-order valence-electron chi connectivity index (χ4n) is 1.28. The molecule has 0 aliphatic carbocycles. The molecule has 0 saturated heterocycles. The van der Waals surface area contributed by atoms with E-state index in [1.807, 2.05) is 0 Å². The number of halogens is 2. The highest BCUT2D eigenvalue weighted by Gasteiger charge is 2.12. The van der Waals surface area contributed by atoms with Crippen LogP contribution in [0, 0.1) is 5.82 Å². The molecule has 1 amide bonds. The third kappa shape index (κ3) is 5.89. The number of hydrogen-bond donors (Lipinski definition) is 3. The Bertz CT molecular complexity index is 502. The van der Waals surface area contributed by atoms with Gasteiger partial charge in [0.1, 0.15) is 11.9 Å². The summed E-state index contributed by atoms with van der Waals surface area (Å²) in [5.41, 5.74) is 5.44. The molecule has 1 unspecified atom stereocenters. The van der Waals surface area contributed by atoms with E-state index in [0.717, 1.165) is 0 Å². The first-order valence-electron chi connectivity index (χ1n) is 5.71. The lowest BCUT2D eigenvalue weighted by Crippen LogP contribution is -2.30. The molecule has 0 heterocycles. The van der Waals surface area contributed by atoms with E-state index < -0.39 is 17.8 Å². The van der Waals surface area contributed by atoms with Gasteiger partial charge in [-0.25, -0.2) is 4.39 Å². The summed E-state index contributed by atoms with van der Waals surface area (Å²) >= 11 is 4.37. The summed E-state index contributed by atoms with van der Waals surface area (Å²) in [6.45, 7) is 0. The summed E-state index contributed by atoms with van der Waals surface area (Å²) in [7, 11) is 0. The van der Waals surface area contributed by atoms with Gasteiger partial charge in [0.05, 0.1) is 11.4 Å². The van der Waals surface area contributed by atoms with Gasteiger partial charge in [-0.1, -0.05) is 15.9 Å². The van der Waals surface area contributed by atoms with Crippen molar-refractivity contribution in [1.82, 2.24) is 0 Å². The summed E-state index contributed by atoms with van der Waals surface area (Å²) in [5.74, 6) is -1.37. The van der Waals surface area contributed by atoms with Crippen molar-refractivity contribution >= 4 is 45.3 Å². The Kier molecular flexibility index (Phi) is 6.97. The number of amides is 1. The van der Waals surface area contributed by atoms with E-state index >= 15 is 0 Å². The number of carbonyl (C=O) groups excluding carboxylic acids is 1. The van der Waals surface area contributed by atoms with Crippen molar-refractivity contribution < 1.29 is 19.1 Å². The highest BCUT2D eigenvalue weighted by Crippen LogP contribution is 2.19. The number of carboxylic acids is 1. The van der Waals surface area contributed by atoms with Crippen molar-refractivity contribution in [2.24, 2.45) is 5.73 Å². The third-order valence-electron chi connectivity index (χ3n) is 2.33. The van der Waals surface area contributed by atoms with Gasteiger partial charge in [-0.05, 0) is 30.4 Å². The zero-order chi connectivity index (χ0) is 15.1. The second-order valence-corrected chi connectivity index (χ2v) is 5.98. The molecule has 0 spiro atoms. The number of carbonyl (C=O) groups is 2. The monoisotopic (exact) mass is 364 g/mol. The van der Waals surface area contributed by atoms with Crippen LogP contribution in [0.5, 0.6) is 0 Å². The maximum Gasteiger partial charge on any atom is 0.320 e. The molecular weight excluding hydrogens is 351 g/mol. The number of thioether (sulfide) groups is 1. The Labute approximate surface area is 128 Å². The fraction of sp³-hybridized carbons (Fsp3) is 0.333.